The number of carbonyl (C=O) groups excluding carboxylic acids is 1. The molecule has 0 spiro atoms. The first kappa shape index (κ1) is 19.8. The summed E-state index contributed by atoms with van der Waals surface area (Å²) in [5.74, 6) is 0.109. The molecule has 0 saturated carbocycles. The summed E-state index contributed by atoms with van der Waals surface area (Å²) in [6.07, 6.45) is 3.26. The number of nitrogens with zero attached hydrogens (tertiary/aromatic N) is 2. The van der Waals surface area contributed by atoms with Crippen LogP contribution in [0.25, 0.3) is 0 Å². The van der Waals surface area contributed by atoms with E-state index in [4.69, 9.17) is 0 Å². The van der Waals surface area contributed by atoms with Gasteiger partial charge in [0.25, 0.3) is 10.0 Å². The van der Waals surface area contributed by atoms with Gasteiger partial charge in [-0.1, -0.05) is 6.07 Å². The van der Waals surface area contributed by atoms with Crippen molar-refractivity contribution in [2.45, 2.75) is 32.6 Å². The minimum atomic E-state index is -3.75. The maximum Gasteiger partial charge on any atom is 0.262 e. The molecule has 6 nitrogen and oxygen atoms in total. The molecule has 0 fully saturated rings. The number of hydrogen-bond acceptors (Lipinski definition) is 4. The summed E-state index contributed by atoms with van der Waals surface area (Å²) >= 11 is 0. The molecule has 0 saturated heterocycles. The van der Waals surface area contributed by atoms with Crippen LogP contribution in [0, 0.1) is 27.7 Å². The molecule has 0 bridgehead atoms. The second-order valence-corrected chi connectivity index (χ2v) is 8.58. The van der Waals surface area contributed by atoms with Crippen LogP contribution < -0.4 is 4.72 Å². The molecule has 2 aromatic carbocycles. The number of carbonyl (C=O) groups is 1. The Morgan fingerprint density at radius 1 is 1.00 bits per heavy atom. The van der Waals surface area contributed by atoms with Crippen LogP contribution in [-0.4, -0.2) is 23.8 Å². The third-order valence-corrected chi connectivity index (χ3v) is 6.64. The molecular weight excluding hydrogens is 374 g/mol. The van der Waals surface area contributed by atoms with Crippen LogP contribution in [0.5, 0.6) is 0 Å². The van der Waals surface area contributed by atoms with E-state index in [1.54, 1.807) is 48.3 Å². The van der Waals surface area contributed by atoms with Crippen LogP contribution in [0.15, 0.2) is 47.6 Å². The Morgan fingerprint density at radius 2 is 1.57 bits per heavy atom. The lowest BCUT2D eigenvalue weighted by Gasteiger charge is -2.17. The van der Waals surface area contributed by atoms with Gasteiger partial charge in [0.2, 0.25) is 5.78 Å². The zero-order chi connectivity index (χ0) is 20.6. The molecule has 146 valence electrons. The van der Waals surface area contributed by atoms with E-state index in [9.17, 15) is 13.2 Å². The molecule has 0 aliphatic rings. The molecule has 3 rings (SSSR count). The van der Waals surface area contributed by atoms with Crippen LogP contribution in [-0.2, 0) is 17.1 Å². The third-order valence-electron chi connectivity index (χ3n) is 4.99. The summed E-state index contributed by atoms with van der Waals surface area (Å²) in [4.78, 5) is 16.8. The maximum atomic E-state index is 13.0. The van der Waals surface area contributed by atoms with Crippen molar-refractivity contribution in [2.24, 2.45) is 7.05 Å². The predicted molar refractivity (Wildman–Crippen MR) is 109 cm³/mol. The highest BCUT2D eigenvalue weighted by Gasteiger charge is 2.22. The Bertz CT molecular complexity index is 1130. The Balaban J connectivity index is 1.91. The average Bonchev–Trinajstić information content (AvgIpc) is 3.05. The number of hydrogen-bond donors (Lipinski definition) is 1. The smallest absolute Gasteiger partial charge is 0.262 e. The standard InChI is InChI=1S/C21H23N3O3S/c1-13-12-14(2)16(4)20(15(13)3)28(26,27)23-18-8-6-17(7-9-18)19(25)21-22-10-11-24(21)5/h6-12,23H,1-5H3. The number of imidazole rings is 1. The van der Waals surface area contributed by atoms with Crippen molar-refractivity contribution in [1.29, 1.82) is 0 Å². The number of nitrogens with one attached hydrogen (secondary N) is 1. The second-order valence-electron chi connectivity index (χ2n) is 6.96. The van der Waals surface area contributed by atoms with Crippen molar-refractivity contribution in [2.75, 3.05) is 4.72 Å². The minimum Gasteiger partial charge on any atom is -0.331 e. The van der Waals surface area contributed by atoms with Gasteiger partial charge in [-0.15, -0.1) is 0 Å². The molecule has 0 aliphatic heterocycles. The van der Waals surface area contributed by atoms with Crippen LogP contribution in [0.1, 0.15) is 38.4 Å². The van der Waals surface area contributed by atoms with Gasteiger partial charge in [-0.3, -0.25) is 9.52 Å². The normalized spacial score (nSPS) is 11.5. The van der Waals surface area contributed by atoms with Crippen molar-refractivity contribution in [3.05, 3.63) is 76.4 Å². The van der Waals surface area contributed by atoms with Gasteiger partial charge in [0, 0.05) is 30.7 Å². The van der Waals surface area contributed by atoms with Crippen molar-refractivity contribution < 1.29 is 13.2 Å². The Labute approximate surface area is 165 Å². The Morgan fingerprint density at radius 3 is 2.07 bits per heavy atom. The summed E-state index contributed by atoms with van der Waals surface area (Å²) in [6, 6.07) is 8.34. The molecule has 3 aromatic rings. The highest BCUT2D eigenvalue weighted by atomic mass is 32.2. The minimum absolute atomic E-state index is 0.220. The first-order valence-electron chi connectivity index (χ1n) is 8.84. The molecule has 28 heavy (non-hydrogen) atoms. The maximum absolute atomic E-state index is 13.0. The fourth-order valence-corrected chi connectivity index (χ4v) is 4.87. The SMILES string of the molecule is Cc1cc(C)c(C)c(S(=O)(=O)Nc2ccc(C(=O)c3nccn3C)cc2)c1C. The van der Waals surface area contributed by atoms with Crippen molar-refractivity contribution in [3.63, 3.8) is 0 Å². The van der Waals surface area contributed by atoms with Gasteiger partial charge < -0.3 is 4.57 Å². The fraction of sp³-hybridized carbons (Fsp3) is 0.238. The number of ketones is 1. The monoisotopic (exact) mass is 397 g/mol. The molecule has 0 atom stereocenters. The average molecular weight is 398 g/mol. The topological polar surface area (TPSA) is 81.1 Å². The lowest BCUT2D eigenvalue weighted by atomic mass is 10.0. The van der Waals surface area contributed by atoms with Gasteiger partial charge in [0.1, 0.15) is 0 Å². The number of sulfonamides is 1. The van der Waals surface area contributed by atoms with Gasteiger partial charge >= 0.3 is 0 Å². The van der Waals surface area contributed by atoms with Crippen molar-refractivity contribution in [1.82, 2.24) is 9.55 Å². The number of rotatable bonds is 5. The Hall–Kier alpha value is -2.93. The van der Waals surface area contributed by atoms with Gasteiger partial charge in [0.05, 0.1) is 4.90 Å². The van der Waals surface area contributed by atoms with Crippen LogP contribution in [0.4, 0.5) is 5.69 Å². The quantitative estimate of drug-likeness (QED) is 0.666. The highest BCUT2D eigenvalue weighted by molar-refractivity contribution is 7.92. The Kier molecular flexibility index (Phi) is 5.12. The summed E-state index contributed by atoms with van der Waals surface area (Å²) in [7, 11) is -2.01. The predicted octanol–water partition coefficient (Wildman–Crippen LogP) is 3.69. The van der Waals surface area contributed by atoms with Crippen LogP contribution in [0.2, 0.25) is 0 Å². The van der Waals surface area contributed by atoms with E-state index in [0.717, 1.165) is 22.3 Å². The van der Waals surface area contributed by atoms with E-state index >= 15 is 0 Å². The number of benzene rings is 2. The molecule has 0 amide bonds. The number of aryl methyl sites for hydroxylation is 3. The first-order valence-corrected chi connectivity index (χ1v) is 10.3. The molecule has 0 radical (unpaired) electrons. The molecule has 7 heteroatoms. The highest BCUT2D eigenvalue weighted by Crippen LogP contribution is 2.28. The fourth-order valence-electron chi connectivity index (χ4n) is 3.19. The zero-order valence-corrected chi connectivity index (χ0v) is 17.4. The number of aromatic nitrogens is 2. The van der Waals surface area contributed by atoms with Gasteiger partial charge in [-0.2, -0.15) is 0 Å². The van der Waals surface area contributed by atoms with E-state index < -0.39 is 10.0 Å². The summed E-state index contributed by atoms with van der Waals surface area (Å²) in [6.45, 7) is 7.42. The summed E-state index contributed by atoms with van der Waals surface area (Å²) in [5, 5.41) is 0. The van der Waals surface area contributed by atoms with Gasteiger partial charge in [0.15, 0.2) is 5.82 Å². The van der Waals surface area contributed by atoms with Crippen LogP contribution >= 0.6 is 0 Å². The number of anilines is 1. The van der Waals surface area contributed by atoms with E-state index in [1.807, 2.05) is 33.8 Å². The first-order chi connectivity index (χ1) is 13.1. The summed E-state index contributed by atoms with van der Waals surface area (Å²) < 4.78 is 30.3. The van der Waals surface area contributed by atoms with Gasteiger partial charge in [-0.25, -0.2) is 13.4 Å². The molecule has 1 heterocycles. The van der Waals surface area contributed by atoms with Crippen molar-refractivity contribution >= 4 is 21.5 Å². The lowest BCUT2D eigenvalue weighted by molar-refractivity contribution is 0.102. The largest absolute Gasteiger partial charge is 0.331 e. The lowest BCUT2D eigenvalue weighted by Crippen LogP contribution is -2.17. The second kappa shape index (κ2) is 7.24. The molecule has 0 unspecified atom stereocenters. The molecule has 1 aromatic heterocycles. The van der Waals surface area contributed by atoms with Crippen molar-refractivity contribution in [3.8, 4) is 0 Å². The summed E-state index contributed by atoms with van der Waals surface area (Å²) in [5.41, 5.74) is 4.17. The molecule has 1 N–H and O–H groups in total. The molecule has 0 aliphatic carbocycles. The van der Waals surface area contributed by atoms with Gasteiger partial charge in [-0.05, 0) is 74.2 Å². The van der Waals surface area contributed by atoms with Crippen LogP contribution in [0.3, 0.4) is 0 Å². The zero-order valence-electron chi connectivity index (χ0n) is 16.6. The molecular formula is C21H23N3O3S. The third kappa shape index (κ3) is 3.57. The van der Waals surface area contributed by atoms with E-state index in [1.165, 1.54) is 0 Å². The van der Waals surface area contributed by atoms with E-state index in [0.29, 0.717) is 22.0 Å². The van der Waals surface area contributed by atoms with E-state index in [2.05, 4.69) is 9.71 Å². The van der Waals surface area contributed by atoms with E-state index in [-0.39, 0.29) is 5.78 Å².